The molecule has 102 valence electrons. The van der Waals surface area contributed by atoms with Gasteiger partial charge in [-0.05, 0) is 31.2 Å². The first-order valence-electron chi connectivity index (χ1n) is 6.84. The van der Waals surface area contributed by atoms with Crippen LogP contribution in [0.4, 0.5) is 11.4 Å². The molecule has 1 heterocycles. The third-order valence-corrected chi connectivity index (χ3v) is 3.58. The van der Waals surface area contributed by atoms with Crippen LogP contribution >= 0.6 is 0 Å². The molecular weight excluding hydrogens is 242 g/mol. The predicted octanol–water partition coefficient (Wildman–Crippen LogP) is 2.33. The highest BCUT2D eigenvalue weighted by atomic mass is 16.4. The summed E-state index contributed by atoms with van der Waals surface area (Å²) in [6.07, 6.45) is 3.70. The van der Waals surface area contributed by atoms with Crippen molar-refractivity contribution >= 4 is 22.5 Å². The second-order valence-electron chi connectivity index (χ2n) is 5.31. The summed E-state index contributed by atoms with van der Waals surface area (Å²) in [5.74, 6) is 0.362. The topological polar surface area (TPSA) is 75.3 Å². The van der Waals surface area contributed by atoms with E-state index in [4.69, 9.17) is 10.2 Å². The van der Waals surface area contributed by atoms with Crippen LogP contribution in [0.25, 0.3) is 11.1 Å². The Morgan fingerprint density at radius 2 is 2.26 bits per heavy atom. The van der Waals surface area contributed by atoms with Crippen LogP contribution in [-0.4, -0.2) is 18.1 Å². The van der Waals surface area contributed by atoms with Crippen LogP contribution < -0.4 is 16.4 Å². The fourth-order valence-electron chi connectivity index (χ4n) is 2.47. The lowest BCUT2D eigenvalue weighted by Gasteiger charge is -2.25. The number of aromatic nitrogens is 1. The first-order valence-corrected chi connectivity index (χ1v) is 6.84. The molecule has 1 aromatic heterocycles. The van der Waals surface area contributed by atoms with Gasteiger partial charge in [0.05, 0.1) is 16.9 Å². The van der Waals surface area contributed by atoms with E-state index < -0.39 is 5.76 Å². The molecule has 0 amide bonds. The Bertz CT molecular complexity index is 640. The monoisotopic (exact) mass is 261 g/mol. The standard InChI is InChI=1S/C14H19N3O2/c1-2-5-17(8-9-3-4-9)12-7-11-13(6-10(12)15)19-14(18)16-11/h6-7,9H,2-5,8,15H2,1H3,(H,16,18). The van der Waals surface area contributed by atoms with Crippen molar-refractivity contribution in [2.75, 3.05) is 23.7 Å². The van der Waals surface area contributed by atoms with Gasteiger partial charge in [0.15, 0.2) is 5.58 Å². The minimum Gasteiger partial charge on any atom is -0.408 e. The Hall–Kier alpha value is -1.91. The smallest absolute Gasteiger partial charge is 0.408 e. The number of rotatable bonds is 5. The molecule has 3 N–H and O–H groups in total. The lowest BCUT2D eigenvalue weighted by molar-refractivity contribution is 0.555. The Morgan fingerprint density at radius 1 is 1.47 bits per heavy atom. The summed E-state index contributed by atoms with van der Waals surface area (Å²) in [6, 6.07) is 3.66. The van der Waals surface area contributed by atoms with Crippen LogP contribution in [0.15, 0.2) is 21.3 Å². The third kappa shape index (κ3) is 2.45. The lowest BCUT2D eigenvalue weighted by atomic mass is 10.2. The van der Waals surface area contributed by atoms with Gasteiger partial charge in [-0.15, -0.1) is 0 Å². The zero-order chi connectivity index (χ0) is 13.4. The normalized spacial score (nSPS) is 15.0. The zero-order valence-corrected chi connectivity index (χ0v) is 11.1. The summed E-state index contributed by atoms with van der Waals surface area (Å²) in [7, 11) is 0. The Morgan fingerprint density at radius 3 is 2.95 bits per heavy atom. The molecule has 1 fully saturated rings. The van der Waals surface area contributed by atoms with Crippen molar-refractivity contribution in [2.24, 2.45) is 5.92 Å². The van der Waals surface area contributed by atoms with Crippen LogP contribution in [0.2, 0.25) is 0 Å². The van der Waals surface area contributed by atoms with Crippen molar-refractivity contribution < 1.29 is 4.42 Å². The number of hydrogen-bond donors (Lipinski definition) is 2. The Kier molecular flexibility index (Phi) is 2.97. The van der Waals surface area contributed by atoms with E-state index in [1.54, 1.807) is 6.07 Å². The molecule has 0 unspecified atom stereocenters. The van der Waals surface area contributed by atoms with E-state index in [-0.39, 0.29) is 0 Å². The number of aromatic amines is 1. The number of hydrogen-bond acceptors (Lipinski definition) is 4. The number of oxazole rings is 1. The van der Waals surface area contributed by atoms with Crippen LogP contribution in [0, 0.1) is 5.92 Å². The minimum absolute atomic E-state index is 0.434. The van der Waals surface area contributed by atoms with Gasteiger partial charge in [0.1, 0.15) is 0 Å². The molecule has 0 bridgehead atoms. The number of benzene rings is 1. The first kappa shape index (κ1) is 12.1. The van der Waals surface area contributed by atoms with Crippen LogP contribution in [0.1, 0.15) is 26.2 Å². The summed E-state index contributed by atoms with van der Waals surface area (Å²) in [6.45, 7) is 4.19. The van der Waals surface area contributed by atoms with E-state index in [0.717, 1.165) is 31.1 Å². The summed E-state index contributed by atoms with van der Waals surface area (Å²) in [5.41, 5.74) is 9.01. The maximum absolute atomic E-state index is 11.2. The highest BCUT2D eigenvalue weighted by molar-refractivity contribution is 5.85. The van der Waals surface area contributed by atoms with Gasteiger partial charge in [-0.3, -0.25) is 4.98 Å². The van der Waals surface area contributed by atoms with Gasteiger partial charge < -0.3 is 15.1 Å². The molecule has 3 rings (SSSR count). The molecule has 1 aliphatic carbocycles. The van der Waals surface area contributed by atoms with E-state index in [1.807, 2.05) is 6.07 Å². The first-order chi connectivity index (χ1) is 9.17. The average molecular weight is 261 g/mol. The van der Waals surface area contributed by atoms with Crippen molar-refractivity contribution in [2.45, 2.75) is 26.2 Å². The second kappa shape index (κ2) is 4.64. The Labute approximate surface area is 111 Å². The summed E-state index contributed by atoms with van der Waals surface area (Å²) >= 11 is 0. The van der Waals surface area contributed by atoms with Gasteiger partial charge in [0.25, 0.3) is 0 Å². The molecule has 5 heteroatoms. The zero-order valence-electron chi connectivity index (χ0n) is 11.1. The molecule has 5 nitrogen and oxygen atoms in total. The van der Waals surface area contributed by atoms with E-state index in [9.17, 15) is 4.79 Å². The van der Waals surface area contributed by atoms with Gasteiger partial charge in [-0.25, -0.2) is 4.79 Å². The minimum atomic E-state index is -0.434. The molecule has 0 atom stereocenters. The van der Waals surface area contributed by atoms with Gasteiger partial charge in [0.2, 0.25) is 0 Å². The van der Waals surface area contributed by atoms with E-state index in [1.165, 1.54) is 12.8 Å². The molecule has 0 radical (unpaired) electrons. The van der Waals surface area contributed by atoms with Gasteiger partial charge in [0, 0.05) is 19.2 Å². The quantitative estimate of drug-likeness (QED) is 0.810. The van der Waals surface area contributed by atoms with Crippen LogP contribution in [-0.2, 0) is 0 Å². The fraction of sp³-hybridized carbons (Fsp3) is 0.500. The summed E-state index contributed by atoms with van der Waals surface area (Å²) in [5, 5.41) is 0. The van der Waals surface area contributed by atoms with Crippen molar-refractivity contribution in [3.63, 3.8) is 0 Å². The molecule has 1 aromatic carbocycles. The second-order valence-corrected chi connectivity index (χ2v) is 5.31. The highest BCUT2D eigenvalue weighted by Gasteiger charge is 2.25. The molecular formula is C14H19N3O2. The van der Waals surface area contributed by atoms with Gasteiger partial charge in [-0.1, -0.05) is 6.92 Å². The molecule has 0 saturated heterocycles. The van der Waals surface area contributed by atoms with E-state index in [0.29, 0.717) is 16.8 Å². The molecule has 1 saturated carbocycles. The summed E-state index contributed by atoms with van der Waals surface area (Å²) < 4.78 is 5.03. The predicted molar refractivity (Wildman–Crippen MR) is 76.5 cm³/mol. The van der Waals surface area contributed by atoms with Crippen molar-refractivity contribution in [3.8, 4) is 0 Å². The maximum atomic E-state index is 11.2. The fourth-order valence-corrected chi connectivity index (χ4v) is 2.47. The number of nitrogens with two attached hydrogens (primary N) is 1. The summed E-state index contributed by atoms with van der Waals surface area (Å²) in [4.78, 5) is 16.2. The average Bonchev–Trinajstić information content (AvgIpc) is 3.09. The number of anilines is 2. The Balaban J connectivity index is 1.99. The highest BCUT2D eigenvalue weighted by Crippen LogP contribution is 2.34. The van der Waals surface area contributed by atoms with Crippen molar-refractivity contribution in [1.29, 1.82) is 0 Å². The molecule has 1 aliphatic rings. The lowest BCUT2D eigenvalue weighted by Crippen LogP contribution is -2.27. The molecule has 2 aromatic rings. The van der Waals surface area contributed by atoms with E-state index in [2.05, 4.69) is 16.8 Å². The molecule has 19 heavy (non-hydrogen) atoms. The van der Waals surface area contributed by atoms with Crippen LogP contribution in [0.3, 0.4) is 0 Å². The van der Waals surface area contributed by atoms with Gasteiger partial charge in [-0.2, -0.15) is 0 Å². The number of nitrogens with zero attached hydrogens (tertiary/aromatic N) is 1. The maximum Gasteiger partial charge on any atom is 0.417 e. The molecule has 0 aliphatic heterocycles. The number of fused-ring (bicyclic) bond motifs is 1. The third-order valence-electron chi connectivity index (χ3n) is 3.58. The SMILES string of the molecule is CCCN(CC1CC1)c1cc2[nH]c(=O)oc2cc1N. The van der Waals surface area contributed by atoms with Crippen LogP contribution in [0.5, 0.6) is 0 Å². The number of H-pyrrole nitrogens is 1. The number of nitrogens with one attached hydrogen (secondary N) is 1. The van der Waals surface area contributed by atoms with Crippen molar-refractivity contribution in [3.05, 3.63) is 22.7 Å². The largest absolute Gasteiger partial charge is 0.417 e. The van der Waals surface area contributed by atoms with E-state index >= 15 is 0 Å². The van der Waals surface area contributed by atoms with Gasteiger partial charge >= 0.3 is 5.76 Å². The molecule has 0 spiro atoms. The van der Waals surface area contributed by atoms with Crippen molar-refractivity contribution in [1.82, 2.24) is 4.98 Å². The number of nitrogen functional groups attached to an aromatic ring is 1.